The minimum absolute atomic E-state index is 0.0118. The second-order valence-corrected chi connectivity index (χ2v) is 5.08. The molecule has 0 aliphatic carbocycles. The van der Waals surface area contributed by atoms with Gasteiger partial charge < -0.3 is 20.7 Å². The van der Waals surface area contributed by atoms with Gasteiger partial charge in [0.2, 0.25) is 0 Å². The first-order chi connectivity index (χ1) is 9.75. The van der Waals surface area contributed by atoms with Crippen molar-refractivity contribution >= 4 is 11.6 Å². The number of para-hydroxylation sites is 2. The first-order valence-corrected chi connectivity index (χ1v) is 7.22. The largest absolute Gasteiger partial charge is 0.482 e. The number of amides is 1. The number of rotatable bonds is 7. The molecule has 20 heavy (non-hydrogen) atoms. The summed E-state index contributed by atoms with van der Waals surface area (Å²) < 4.78 is 5.38. The normalized spacial score (nSPS) is 15.2. The molecule has 1 fully saturated rings. The van der Waals surface area contributed by atoms with Crippen molar-refractivity contribution in [2.24, 2.45) is 0 Å². The van der Waals surface area contributed by atoms with Crippen LogP contribution in [0, 0.1) is 0 Å². The fourth-order valence-corrected chi connectivity index (χ4v) is 2.34. The lowest BCUT2D eigenvalue weighted by atomic mass is 10.3. The summed E-state index contributed by atoms with van der Waals surface area (Å²) in [5.74, 6) is 0.453. The number of nitrogens with one attached hydrogen (secondary N) is 1. The molecule has 0 unspecified atom stereocenters. The van der Waals surface area contributed by atoms with Crippen LogP contribution < -0.4 is 15.8 Å². The van der Waals surface area contributed by atoms with E-state index in [2.05, 4.69) is 10.2 Å². The highest BCUT2D eigenvalue weighted by Gasteiger charge is 2.10. The summed E-state index contributed by atoms with van der Waals surface area (Å²) in [5.41, 5.74) is 6.29. The van der Waals surface area contributed by atoms with Gasteiger partial charge >= 0.3 is 0 Å². The molecule has 1 aromatic carbocycles. The summed E-state index contributed by atoms with van der Waals surface area (Å²) in [6.07, 6.45) is 3.59. The van der Waals surface area contributed by atoms with Crippen molar-refractivity contribution < 1.29 is 9.53 Å². The van der Waals surface area contributed by atoms with Crippen LogP contribution in [0.25, 0.3) is 0 Å². The zero-order valence-electron chi connectivity index (χ0n) is 11.8. The average Bonchev–Trinajstić information content (AvgIpc) is 2.96. The molecule has 1 aromatic rings. The first-order valence-electron chi connectivity index (χ1n) is 7.22. The summed E-state index contributed by atoms with van der Waals surface area (Å²) in [4.78, 5) is 14.1. The molecule has 5 nitrogen and oxygen atoms in total. The SMILES string of the molecule is Nc1ccccc1OCC(=O)NCCCN1CCCC1. The highest BCUT2D eigenvalue weighted by atomic mass is 16.5. The Labute approximate surface area is 120 Å². The Morgan fingerprint density at radius 2 is 2.05 bits per heavy atom. The standard InChI is InChI=1S/C15H23N3O2/c16-13-6-1-2-7-14(13)20-12-15(19)17-8-5-11-18-9-3-4-10-18/h1-2,6-7H,3-5,8-12,16H2,(H,17,19). The fraction of sp³-hybridized carbons (Fsp3) is 0.533. The molecule has 2 rings (SSSR count). The molecular weight excluding hydrogens is 254 g/mol. The summed E-state index contributed by atoms with van der Waals surface area (Å²) >= 11 is 0. The number of hydrogen-bond donors (Lipinski definition) is 2. The van der Waals surface area contributed by atoms with Gasteiger partial charge in [0.25, 0.3) is 5.91 Å². The third-order valence-electron chi connectivity index (χ3n) is 3.45. The van der Waals surface area contributed by atoms with E-state index in [0.29, 0.717) is 18.0 Å². The van der Waals surface area contributed by atoms with Crippen LogP contribution in [0.2, 0.25) is 0 Å². The maximum Gasteiger partial charge on any atom is 0.257 e. The van der Waals surface area contributed by atoms with Crippen molar-refractivity contribution in [3.05, 3.63) is 24.3 Å². The molecule has 1 aliphatic rings. The van der Waals surface area contributed by atoms with Crippen LogP contribution in [0.4, 0.5) is 5.69 Å². The van der Waals surface area contributed by atoms with Gasteiger partial charge in [-0.05, 0) is 51.0 Å². The third kappa shape index (κ3) is 4.74. The van der Waals surface area contributed by atoms with Gasteiger partial charge in [0.1, 0.15) is 5.75 Å². The van der Waals surface area contributed by atoms with Crippen molar-refractivity contribution in [2.75, 3.05) is 38.5 Å². The van der Waals surface area contributed by atoms with Gasteiger partial charge in [-0.2, -0.15) is 0 Å². The topological polar surface area (TPSA) is 67.6 Å². The van der Waals surface area contributed by atoms with Gasteiger partial charge in [-0.3, -0.25) is 4.79 Å². The van der Waals surface area contributed by atoms with Crippen LogP contribution in [0.3, 0.4) is 0 Å². The van der Waals surface area contributed by atoms with Crippen LogP contribution in [0.15, 0.2) is 24.3 Å². The Kier molecular flexibility index (Phi) is 5.68. The molecule has 0 atom stereocenters. The minimum Gasteiger partial charge on any atom is -0.482 e. The highest BCUT2D eigenvalue weighted by Crippen LogP contribution is 2.19. The molecule has 0 spiro atoms. The van der Waals surface area contributed by atoms with Gasteiger partial charge in [-0.15, -0.1) is 0 Å². The van der Waals surface area contributed by atoms with E-state index in [-0.39, 0.29) is 12.5 Å². The predicted octanol–water partition coefficient (Wildman–Crippen LogP) is 1.25. The smallest absolute Gasteiger partial charge is 0.257 e. The number of nitrogens with zero attached hydrogens (tertiary/aromatic N) is 1. The van der Waals surface area contributed by atoms with Crippen molar-refractivity contribution in [3.63, 3.8) is 0 Å². The molecular formula is C15H23N3O2. The number of likely N-dealkylation sites (tertiary alicyclic amines) is 1. The van der Waals surface area contributed by atoms with Crippen molar-refractivity contribution in [2.45, 2.75) is 19.3 Å². The molecule has 110 valence electrons. The van der Waals surface area contributed by atoms with Crippen LogP contribution in [-0.4, -0.2) is 43.6 Å². The van der Waals surface area contributed by atoms with E-state index in [1.165, 1.54) is 25.9 Å². The Bertz CT molecular complexity index is 431. The van der Waals surface area contributed by atoms with E-state index < -0.39 is 0 Å². The van der Waals surface area contributed by atoms with Gasteiger partial charge in [0.15, 0.2) is 6.61 Å². The number of carbonyl (C=O) groups excluding carboxylic acids is 1. The van der Waals surface area contributed by atoms with Gasteiger partial charge in [-0.25, -0.2) is 0 Å². The maximum absolute atomic E-state index is 11.6. The Hall–Kier alpha value is -1.75. The molecule has 0 radical (unpaired) electrons. The Balaban J connectivity index is 1.57. The van der Waals surface area contributed by atoms with Crippen LogP contribution in [-0.2, 0) is 4.79 Å². The number of anilines is 1. The molecule has 0 bridgehead atoms. The van der Waals surface area contributed by atoms with Crippen molar-refractivity contribution in [1.29, 1.82) is 0 Å². The number of ether oxygens (including phenoxy) is 1. The number of nitrogens with two attached hydrogens (primary N) is 1. The molecule has 5 heteroatoms. The summed E-state index contributed by atoms with van der Waals surface area (Å²) in [6.45, 7) is 4.17. The quantitative estimate of drug-likeness (QED) is 0.581. The summed E-state index contributed by atoms with van der Waals surface area (Å²) in [5, 5.41) is 2.86. The van der Waals surface area contributed by atoms with Crippen LogP contribution >= 0.6 is 0 Å². The van der Waals surface area contributed by atoms with E-state index in [4.69, 9.17) is 10.5 Å². The van der Waals surface area contributed by atoms with Crippen LogP contribution in [0.5, 0.6) is 5.75 Å². The number of nitrogen functional groups attached to an aromatic ring is 1. The predicted molar refractivity (Wildman–Crippen MR) is 79.7 cm³/mol. The molecule has 3 N–H and O–H groups in total. The van der Waals surface area contributed by atoms with Gasteiger partial charge in [0.05, 0.1) is 5.69 Å². The van der Waals surface area contributed by atoms with Crippen molar-refractivity contribution in [3.8, 4) is 5.75 Å². The van der Waals surface area contributed by atoms with E-state index in [9.17, 15) is 4.79 Å². The molecule has 1 saturated heterocycles. The number of benzene rings is 1. The molecule has 0 aromatic heterocycles. The zero-order valence-corrected chi connectivity index (χ0v) is 11.8. The molecule has 0 saturated carbocycles. The fourth-order valence-electron chi connectivity index (χ4n) is 2.34. The second-order valence-electron chi connectivity index (χ2n) is 5.08. The van der Waals surface area contributed by atoms with Crippen molar-refractivity contribution in [1.82, 2.24) is 10.2 Å². The van der Waals surface area contributed by atoms with Crippen LogP contribution in [0.1, 0.15) is 19.3 Å². The number of hydrogen-bond acceptors (Lipinski definition) is 4. The van der Waals surface area contributed by atoms with Gasteiger partial charge in [-0.1, -0.05) is 12.1 Å². The van der Waals surface area contributed by atoms with E-state index in [0.717, 1.165) is 13.0 Å². The number of carbonyl (C=O) groups is 1. The average molecular weight is 277 g/mol. The monoisotopic (exact) mass is 277 g/mol. The summed E-state index contributed by atoms with van der Waals surface area (Å²) in [6, 6.07) is 7.18. The molecule has 1 heterocycles. The third-order valence-corrected chi connectivity index (χ3v) is 3.45. The van der Waals surface area contributed by atoms with E-state index in [1.54, 1.807) is 12.1 Å². The lowest BCUT2D eigenvalue weighted by molar-refractivity contribution is -0.123. The minimum atomic E-state index is -0.102. The lowest BCUT2D eigenvalue weighted by Gasteiger charge is -2.14. The summed E-state index contributed by atoms with van der Waals surface area (Å²) in [7, 11) is 0. The maximum atomic E-state index is 11.6. The van der Waals surface area contributed by atoms with Gasteiger partial charge in [0, 0.05) is 6.54 Å². The highest BCUT2D eigenvalue weighted by molar-refractivity contribution is 5.77. The first kappa shape index (κ1) is 14.7. The second kappa shape index (κ2) is 7.75. The Morgan fingerprint density at radius 3 is 2.80 bits per heavy atom. The zero-order chi connectivity index (χ0) is 14.2. The van der Waals surface area contributed by atoms with E-state index >= 15 is 0 Å². The lowest BCUT2D eigenvalue weighted by Crippen LogP contribution is -2.32. The Morgan fingerprint density at radius 1 is 1.30 bits per heavy atom. The molecule has 1 amide bonds. The van der Waals surface area contributed by atoms with E-state index in [1.807, 2.05) is 12.1 Å². The molecule has 1 aliphatic heterocycles.